The van der Waals surface area contributed by atoms with Crippen LogP contribution in [0.3, 0.4) is 0 Å². The fourth-order valence-electron chi connectivity index (χ4n) is 2.48. The van der Waals surface area contributed by atoms with Gasteiger partial charge >= 0.3 is 0 Å². The van der Waals surface area contributed by atoms with Crippen LogP contribution >= 0.6 is 11.6 Å². The van der Waals surface area contributed by atoms with Gasteiger partial charge in [0.15, 0.2) is 0 Å². The summed E-state index contributed by atoms with van der Waals surface area (Å²) < 4.78 is 0. The second-order valence-electron chi connectivity index (χ2n) is 5.90. The Kier molecular flexibility index (Phi) is 5.86. The van der Waals surface area contributed by atoms with Gasteiger partial charge in [0.2, 0.25) is 0 Å². The number of hydrogen-bond donors (Lipinski definition) is 3. The molecule has 3 aromatic rings. The molecule has 0 aliphatic heterocycles. The quantitative estimate of drug-likeness (QED) is 0.617. The Morgan fingerprint density at radius 2 is 1.33 bits per heavy atom. The molecule has 0 aliphatic rings. The lowest BCUT2D eigenvalue weighted by molar-refractivity contribution is 0.101. The Bertz CT molecular complexity index is 954. The highest BCUT2D eigenvalue weighted by Gasteiger charge is 2.08. The molecule has 5 nitrogen and oxygen atoms in total. The third-order valence-electron chi connectivity index (χ3n) is 3.93. The molecule has 0 unspecified atom stereocenters. The van der Waals surface area contributed by atoms with Crippen molar-refractivity contribution < 1.29 is 9.59 Å². The Morgan fingerprint density at radius 3 is 1.89 bits per heavy atom. The number of benzene rings is 3. The zero-order valence-electron chi connectivity index (χ0n) is 14.4. The van der Waals surface area contributed by atoms with Gasteiger partial charge in [-0.2, -0.15) is 0 Å². The average Bonchev–Trinajstić information content (AvgIpc) is 2.70. The molecule has 136 valence electrons. The van der Waals surface area contributed by atoms with Crippen molar-refractivity contribution in [3.8, 4) is 0 Å². The first-order valence-electron chi connectivity index (χ1n) is 8.32. The molecule has 27 heavy (non-hydrogen) atoms. The summed E-state index contributed by atoms with van der Waals surface area (Å²) in [6.45, 7) is 0.378. The van der Waals surface area contributed by atoms with E-state index in [-0.39, 0.29) is 11.8 Å². The lowest BCUT2D eigenvalue weighted by Gasteiger charge is -2.09. The maximum atomic E-state index is 12.3. The molecule has 3 rings (SSSR count). The van der Waals surface area contributed by atoms with E-state index < -0.39 is 0 Å². The van der Waals surface area contributed by atoms with Crippen LogP contribution in [-0.4, -0.2) is 11.8 Å². The maximum Gasteiger partial charge on any atom is 0.255 e. The van der Waals surface area contributed by atoms with E-state index >= 15 is 0 Å². The minimum absolute atomic E-state index is 0.219. The van der Waals surface area contributed by atoms with E-state index in [2.05, 4.69) is 10.6 Å². The second-order valence-corrected chi connectivity index (χ2v) is 6.33. The van der Waals surface area contributed by atoms with Crippen LogP contribution in [0, 0.1) is 0 Å². The normalized spacial score (nSPS) is 10.3. The van der Waals surface area contributed by atoms with Crippen LogP contribution in [0.4, 0.5) is 11.4 Å². The first-order valence-corrected chi connectivity index (χ1v) is 8.70. The fourth-order valence-corrected chi connectivity index (χ4v) is 2.61. The minimum atomic E-state index is -0.234. The monoisotopic (exact) mass is 379 g/mol. The maximum absolute atomic E-state index is 12.3. The second kappa shape index (κ2) is 8.49. The van der Waals surface area contributed by atoms with Crippen molar-refractivity contribution in [3.05, 3.63) is 94.5 Å². The van der Waals surface area contributed by atoms with Gasteiger partial charge in [-0.3, -0.25) is 9.59 Å². The molecule has 0 radical (unpaired) electrons. The van der Waals surface area contributed by atoms with Gasteiger partial charge in [-0.05, 0) is 66.2 Å². The highest BCUT2D eigenvalue weighted by Crippen LogP contribution is 2.17. The SMILES string of the molecule is NCc1cccc(C(=O)Nc2ccc(NC(=O)c3ccc(Cl)cc3)cc2)c1. The number of halogens is 1. The smallest absolute Gasteiger partial charge is 0.255 e. The van der Waals surface area contributed by atoms with E-state index in [1.807, 2.05) is 6.07 Å². The summed E-state index contributed by atoms with van der Waals surface area (Å²) in [5.41, 5.74) is 8.80. The van der Waals surface area contributed by atoms with E-state index in [0.717, 1.165) is 5.56 Å². The summed E-state index contributed by atoms with van der Waals surface area (Å²) in [6, 6.07) is 20.7. The van der Waals surface area contributed by atoms with Crippen molar-refractivity contribution in [2.75, 3.05) is 10.6 Å². The molecule has 0 spiro atoms. The van der Waals surface area contributed by atoms with Crippen molar-refractivity contribution in [3.63, 3.8) is 0 Å². The van der Waals surface area contributed by atoms with E-state index in [1.165, 1.54) is 0 Å². The van der Waals surface area contributed by atoms with Crippen LogP contribution in [0.1, 0.15) is 26.3 Å². The molecule has 0 aliphatic carbocycles. The Labute approximate surface area is 162 Å². The zero-order valence-corrected chi connectivity index (χ0v) is 15.2. The largest absolute Gasteiger partial charge is 0.326 e. The third kappa shape index (κ3) is 4.94. The number of carbonyl (C=O) groups is 2. The van der Waals surface area contributed by atoms with E-state index in [9.17, 15) is 9.59 Å². The average molecular weight is 380 g/mol. The number of carbonyl (C=O) groups excluding carboxylic acids is 2. The van der Waals surface area contributed by atoms with E-state index in [0.29, 0.717) is 34.1 Å². The number of rotatable bonds is 5. The first kappa shape index (κ1) is 18.6. The predicted octanol–water partition coefficient (Wildman–Crippen LogP) is 4.30. The molecular formula is C21H18ClN3O2. The molecule has 0 fully saturated rings. The molecule has 0 saturated heterocycles. The van der Waals surface area contributed by atoms with Gasteiger partial charge in [-0.25, -0.2) is 0 Å². The Balaban J connectivity index is 1.63. The Morgan fingerprint density at radius 1 is 0.778 bits per heavy atom. The standard InChI is InChI=1S/C21H18ClN3O2/c22-17-6-4-15(5-7-17)20(26)24-18-8-10-19(11-9-18)25-21(27)16-3-1-2-14(12-16)13-23/h1-12H,13,23H2,(H,24,26)(H,25,27). The van der Waals surface area contributed by atoms with Gasteiger partial charge in [-0.15, -0.1) is 0 Å². The molecule has 0 saturated carbocycles. The van der Waals surface area contributed by atoms with Crippen LogP contribution in [-0.2, 0) is 6.54 Å². The lowest BCUT2D eigenvalue weighted by atomic mass is 10.1. The van der Waals surface area contributed by atoms with Crippen molar-refractivity contribution in [1.82, 2.24) is 0 Å². The molecule has 4 N–H and O–H groups in total. The summed E-state index contributed by atoms with van der Waals surface area (Å²) in [5, 5.41) is 6.19. The molecule has 6 heteroatoms. The topological polar surface area (TPSA) is 84.2 Å². The summed E-state index contributed by atoms with van der Waals surface area (Å²) in [7, 11) is 0. The van der Waals surface area contributed by atoms with Crippen molar-refractivity contribution in [1.29, 1.82) is 0 Å². The van der Waals surface area contributed by atoms with Gasteiger partial charge in [-0.1, -0.05) is 23.7 Å². The Hall–Kier alpha value is -3.15. The molecule has 0 atom stereocenters. The molecule has 0 bridgehead atoms. The van der Waals surface area contributed by atoms with Crippen LogP contribution in [0.25, 0.3) is 0 Å². The van der Waals surface area contributed by atoms with Crippen LogP contribution in [0.5, 0.6) is 0 Å². The molecule has 3 aromatic carbocycles. The fraction of sp³-hybridized carbons (Fsp3) is 0.0476. The van der Waals surface area contributed by atoms with Crippen LogP contribution in [0.2, 0.25) is 5.02 Å². The highest BCUT2D eigenvalue weighted by atomic mass is 35.5. The van der Waals surface area contributed by atoms with Gasteiger partial charge in [0.1, 0.15) is 0 Å². The van der Waals surface area contributed by atoms with Gasteiger partial charge in [0.25, 0.3) is 11.8 Å². The first-order chi connectivity index (χ1) is 13.0. The van der Waals surface area contributed by atoms with E-state index in [1.54, 1.807) is 66.7 Å². The van der Waals surface area contributed by atoms with Crippen molar-refractivity contribution in [2.24, 2.45) is 5.73 Å². The van der Waals surface area contributed by atoms with Gasteiger partial charge in [0.05, 0.1) is 0 Å². The molecule has 0 aromatic heterocycles. The van der Waals surface area contributed by atoms with Gasteiger partial charge < -0.3 is 16.4 Å². The summed E-state index contributed by atoms with van der Waals surface area (Å²) >= 11 is 5.82. The summed E-state index contributed by atoms with van der Waals surface area (Å²) in [4.78, 5) is 24.5. The van der Waals surface area contributed by atoms with Crippen LogP contribution < -0.4 is 16.4 Å². The highest BCUT2D eigenvalue weighted by molar-refractivity contribution is 6.30. The number of anilines is 2. The lowest BCUT2D eigenvalue weighted by Crippen LogP contribution is -2.13. The third-order valence-corrected chi connectivity index (χ3v) is 4.18. The van der Waals surface area contributed by atoms with Crippen LogP contribution in [0.15, 0.2) is 72.8 Å². The zero-order chi connectivity index (χ0) is 19.2. The summed E-state index contributed by atoms with van der Waals surface area (Å²) in [5.74, 6) is -0.453. The number of hydrogen-bond acceptors (Lipinski definition) is 3. The van der Waals surface area contributed by atoms with Crippen molar-refractivity contribution >= 4 is 34.8 Å². The van der Waals surface area contributed by atoms with Gasteiger partial charge in [0, 0.05) is 34.1 Å². The summed E-state index contributed by atoms with van der Waals surface area (Å²) in [6.07, 6.45) is 0. The van der Waals surface area contributed by atoms with Crippen molar-refractivity contribution in [2.45, 2.75) is 6.54 Å². The van der Waals surface area contributed by atoms with E-state index in [4.69, 9.17) is 17.3 Å². The number of amides is 2. The minimum Gasteiger partial charge on any atom is -0.326 e. The number of nitrogens with one attached hydrogen (secondary N) is 2. The molecule has 2 amide bonds. The number of nitrogens with two attached hydrogens (primary N) is 1. The predicted molar refractivity (Wildman–Crippen MR) is 108 cm³/mol. The molecule has 0 heterocycles. The molecular weight excluding hydrogens is 362 g/mol.